The van der Waals surface area contributed by atoms with Crippen molar-refractivity contribution in [3.8, 4) is 11.5 Å². The van der Waals surface area contributed by atoms with Crippen LogP contribution in [0.5, 0.6) is 11.5 Å². The molecule has 0 saturated carbocycles. The van der Waals surface area contributed by atoms with Crippen LogP contribution in [0.3, 0.4) is 0 Å². The Balaban J connectivity index is 1.43. The maximum Gasteiger partial charge on any atom is 0.231 e. The van der Waals surface area contributed by atoms with Gasteiger partial charge in [0.25, 0.3) is 0 Å². The molecule has 1 aromatic carbocycles. The summed E-state index contributed by atoms with van der Waals surface area (Å²) in [5.41, 5.74) is 3.08. The van der Waals surface area contributed by atoms with E-state index in [0.29, 0.717) is 5.11 Å². The van der Waals surface area contributed by atoms with Crippen molar-refractivity contribution in [2.24, 2.45) is 0 Å². The van der Waals surface area contributed by atoms with Gasteiger partial charge in [0.2, 0.25) is 6.79 Å². The first-order valence-corrected chi connectivity index (χ1v) is 11.4. The molecule has 0 bridgehead atoms. The highest BCUT2D eigenvalue weighted by Crippen LogP contribution is 2.44. The largest absolute Gasteiger partial charge is 0.454 e. The molecule has 6 rings (SSSR count). The Kier molecular flexibility index (Phi) is 4.96. The SMILES string of the molecule is S=C1N[C@@H](c2ccccn2)[C@@H](c2cccn2C[C@@H]2CCCO2)N1c1ccc2c(c1)OCO2. The van der Waals surface area contributed by atoms with Gasteiger partial charge in [0.1, 0.15) is 6.04 Å². The van der Waals surface area contributed by atoms with Crippen molar-refractivity contribution in [2.75, 3.05) is 18.3 Å². The number of benzene rings is 1. The first-order valence-electron chi connectivity index (χ1n) is 10.9. The van der Waals surface area contributed by atoms with Gasteiger partial charge in [-0.05, 0) is 61.5 Å². The maximum absolute atomic E-state index is 5.92. The topological polar surface area (TPSA) is 60.8 Å². The minimum absolute atomic E-state index is 0.0748. The Morgan fingerprint density at radius 3 is 2.88 bits per heavy atom. The molecule has 1 N–H and O–H groups in total. The summed E-state index contributed by atoms with van der Waals surface area (Å²) in [4.78, 5) is 6.81. The molecular weight excluding hydrogens is 424 g/mol. The van der Waals surface area contributed by atoms with Crippen LogP contribution in [0.15, 0.2) is 60.9 Å². The second-order valence-electron chi connectivity index (χ2n) is 8.25. The van der Waals surface area contributed by atoms with E-state index in [9.17, 15) is 0 Å². The molecule has 3 atom stereocenters. The Bertz CT molecular complexity index is 1130. The van der Waals surface area contributed by atoms with E-state index in [1.54, 1.807) is 0 Å². The number of nitrogens with one attached hydrogen (secondary N) is 1. The molecule has 8 heteroatoms. The fourth-order valence-electron chi connectivity index (χ4n) is 4.84. The maximum atomic E-state index is 5.92. The zero-order valence-electron chi connectivity index (χ0n) is 17.5. The third-order valence-corrected chi connectivity index (χ3v) is 6.64. The van der Waals surface area contributed by atoms with Crippen LogP contribution >= 0.6 is 12.2 Å². The fraction of sp³-hybridized carbons (Fsp3) is 0.333. The number of fused-ring (bicyclic) bond motifs is 1. The van der Waals surface area contributed by atoms with E-state index >= 15 is 0 Å². The van der Waals surface area contributed by atoms with E-state index in [-0.39, 0.29) is 25.0 Å². The van der Waals surface area contributed by atoms with E-state index in [4.69, 9.17) is 26.4 Å². The van der Waals surface area contributed by atoms with Crippen molar-refractivity contribution >= 4 is 23.0 Å². The second kappa shape index (κ2) is 8.11. The average molecular weight is 449 g/mol. The highest BCUT2D eigenvalue weighted by Gasteiger charge is 2.42. The lowest BCUT2D eigenvalue weighted by molar-refractivity contribution is 0.0961. The molecule has 2 fully saturated rings. The van der Waals surface area contributed by atoms with E-state index in [2.05, 4.69) is 38.1 Å². The molecule has 164 valence electrons. The molecule has 7 nitrogen and oxygen atoms in total. The van der Waals surface area contributed by atoms with Gasteiger partial charge in [0, 0.05) is 43.0 Å². The van der Waals surface area contributed by atoms with Crippen molar-refractivity contribution in [1.82, 2.24) is 14.9 Å². The molecule has 5 heterocycles. The standard InChI is InChI=1S/C24H24N4O3S/c32-24-26-22(18-6-1-2-10-25-18)23(19-7-3-11-27(19)14-17-5-4-12-29-17)28(24)16-8-9-20-21(13-16)31-15-30-20/h1-3,6-11,13,17,22-23H,4-5,12,14-15H2,(H,26,32)/t17-,22-,23+/m0/s1. The molecule has 0 amide bonds. The molecule has 3 aliphatic heterocycles. The van der Waals surface area contributed by atoms with Crippen LogP contribution < -0.4 is 19.7 Å². The first kappa shape index (κ1) is 19.6. The minimum Gasteiger partial charge on any atom is -0.454 e. The van der Waals surface area contributed by atoms with Crippen LogP contribution in [0.4, 0.5) is 5.69 Å². The van der Waals surface area contributed by atoms with E-state index < -0.39 is 0 Å². The van der Waals surface area contributed by atoms with Gasteiger partial charge >= 0.3 is 0 Å². The van der Waals surface area contributed by atoms with Crippen LogP contribution in [-0.2, 0) is 11.3 Å². The molecule has 0 aliphatic carbocycles. The number of nitrogens with zero attached hydrogens (tertiary/aromatic N) is 3. The van der Waals surface area contributed by atoms with Crippen molar-refractivity contribution in [3.63, 3.8) is 0 Å². The summed E-state index contributed by atoms with van der Waals surface area (Å²) in [5.74, 6) is 1.49. The molecule has 3 aliphatic rings. The van der Waals surface area contributed by atoms with Gasteiger partial charge in [-0.1, -0.05) is 6.07 Å². The van der Waals surface area contributed by atoms with Crippen LogP contribution in [0, 0.1) is 0 Å². The number of ether oxygens (including phenoxy) is 3. The number of anilines is 1. The molecule has 0 spiro atoms. The molecule has 3 aromatic rings. The van der Waals surface area contributed by atoms with Crippen LogP contribution in [0.2, 0.25) is 0 Å². The molecule has 2 aromatic heterocycles. The zero-order valence-corrected chi connectivity index (χ0v) is 18.3. The summed E-state index contributed by atoms with van der Waals surface area (Å²) in [6, 6.07) is 16.1. The Morgan fingerprint density at radius 2 is 2.03 bits per heavy atom. The summed E-state index contributed by atoms with van der Waals surface area (Å²) >= 11 is 5.85. The lowest BCUT2D eigenvalue weighted by atomic mass is 10.0. The predicted molar refractivity (Wildman–Crippen MR) is 124 cm³/mol. The summed E-state index contributed by atoms with van der Waals surface area (Å²) in [6.07, 6.45) is 6.41. The minimum atomic E-state index is -0.0905. The van der Waals surface area contributed by atoms with Crippen molar-refractivity contribution in [3.05, 3.63) is 72.3 Å². The number of aromatic nitrogens is 2. The molecule has 0 unspecified atom stereocenters. The lowest BCUT2D eigenvalue weighted by Gasteiger charge is -2.29. The lowest BCUT2D eigenvalue weighted by Crippen LogP contribution is -2.31. The van der Waals surface area contributed by atoms with Gasteiger partial charge in [-0.2, -0.15) is 0 Å². The summed E-state index contributed by atoms with van der Waals surface area (Å²) < 4.78 is 19.4. The molecule has 0 radical (unpaired) electrons. The number of rotatable bonds is 5. The monoisotopic (exact) mass is 448 g/mol. The van der Waals surface area contributed by atoms with Gasteiger partial charge in [-0.3, -0.25) is 4.98 Å². The second-order valence-corrected chi connectivity index (χ2v) is 8.64. The van der Waals surface area contributed by atoms with Gasteiger partial charge in [-0.15, -0.1) is 0 Å². The van der Waals surface area contributed by atoms with Crippen LogP contribution in [0.25, 0.3) is 0 Å². The molecule has 2 saturated heterocycles. The average Bonchev–Trinajstić information content (AvgIpc) is 3.61. The number of thiocarbonyl (C=S) groups is 1. The van der Waals surface area contributed by atoms with Crippen molar-refractivity contribution < 1.29 is 14.2 Å². The highest BCUT2D eigenvalue weighted by atomic mass is 32.1. The van der Waals surface area contributed by atoms with Gasteiger partial charge in [-0.25, -0.2) is 0 Å². The van der Waals surface area contributed by atoms with Crippen LogP contribution in [0.1, 0.15) is 36.3 Å². The van der Waals surface area contributed by atoms with Gasteiger partial charge in [0.05, 0.1) is 17.8 Å². The van der Waals surface area contributed by atoms with Crippen molar-refractivity contribution in [1.29, 1.82) is 0 Å². The van der Waals surface area contributed by atoms with Gasteiger partial charge < -0.3 is 29.0 Å². The molecular formula is C24H24N4O3S. The van der Waals surface area contributed by atoms with E-state index in [1.807, 2.05) is 42.6 Å². The predicted octanol–water partition coefficient (Wildman–Crippen LogP) is 3.97. The smallest absolute Gasteiger partial charge is 0.231 e. The normalized spacial score (nSPS) is 24.2. The summed E-state index contributed by atoms with van der Waals surface area (Å²) in [7, 11) is 0. The fourth-order valence-corrected chi connectivity index (χ4v) is 5.18. The quantitative estimate of drug-likeness (QED) is 0.593. The summed E-state index contributed by atoms with van der Waals surface area (Å²) in [6.45, 7) is 1.91. The van der Waals surface area contributed by atoms with E-state index in [0.717, 1.165) is 48.9 Å². The van der Waals surface area contributed by atoms with E-state index in [1.165, 1.54) is 5.69 Å². The summed E-state index contributed by atoms with van der Waals surface area (Å²) in [5, 5.41) is 4.19. The number of hydrogen-bond acceptors (Lipinski definition) is 5. The van der Waals surface area contributed by atoms with Gasteiger partial charge in [0.15, 0.2) is 16.6 Å². The Labute approximate surface area is 191 Å². The third-order valence-electron chi connectivity index (χ3n) is 6.32. The highest BCUT2D eigenvalue weighted by molar-refractivity contribution is 7.80. The number of hydrogen-bond donors (Lipinski definition) is 1. The Morgan fingerprint density at radius 1 is 1.09 bits per heavy atom. The third kappa shape index (κ3) is 3.40. The first-order chi connectivity index (χ1) is 15.8. The van der Waals surface area contributed by atoms with Crippen molar-refractivity contribution in [2.45, 2.75) is 37.6 Å². The number of pyridine rings is 1. The van der Waals surface area contributed by atoms with Crippen LogP contribution in [-0.4, -0.2) is 34.2 Å². The zero-order chi connectivity index (χ0) is 21.5. The Hall–Kier alpha value is -3.10. The molecule has 32 heavy (non-hydrogen) atoms.